The Labute approximate surface area is 175 Å². The van der Waals surface area contributed by atoms with Gasteiger partial charge in [-0.05, 0) is 92.6 Å². The van der Waals surface area contributed by atoms with Crippen LogP contribution in [-0.2, 0) is 4.79 Å². The lowest BCUT2D eigenvalue weighted by Crippen LogP contribution is -2.48. The molecular formula is C25H33N3O. The average Bonchev–Trinajstić information content (AvgIpc) is 2.64. The van der Waals surface area contributed by atoms with E-state index in [1.165, 1.54) is 23.7 Å². The molecule has 1 N–H and O–H groups in total. The van der Waals surface area contributed by atoms with Crippen molar-refractivity contribution in [2.75, 3.05) is 16.8 Å². The number of aliphatic imine (C=N–C) groups is 1. The standard InChI is InChI=1S/C25H33N3O/c1-7-12-28-24-13-17(2)20(14-23(24)18(3)15-25(28,5)6)16-26-21-8-10-22(11-9-21)27-19(4)29/h8-11,13-14,16,18H,7,12,15H2,1-6H3,(H,27,29). The highest BCUT2D eigenvalue weighted by atomic mass is 16.1. The number of aryl methyl sites for hydroxylation is 1. The van der Waals surface area contributed by atoms with Crippen LogP contribution in [0, 0.1) is 6.92 Å². The third kappa shape index (κ3) is 4.69. The number of hydrogen-bond donors (Lipinski definition) is 1. The predicted octanol–water partition coefficient (Wildman–Crippen LogP) is 6.21. The molecule has 0 aromatic heterocycles. The molecule has 4 heteroatoms. The van der Waals surface area contributed by atoms with Crippen LogP contribution in [0.15, 0.2) is 41.4 Å². The number of carbonyl (C=O) groups is 1. The highest BCUT2D eigenvalue weighted by Gasteiger charge is 2.36. The Kier molecular flexibility index (Phi) is 6.11. The number of carbonyl (C=O) groups excluding carboxylic acids is 1. The summed E-state index contributed by atoms with van der Waals surface area (Å²) in [5.74, 6) is 0.457. The maximum Gasteiger partial charge on any atom is 0.221 e. The molecule has 0 bridgehead atoms. The lowest BCUT2D eigenvalue weighted by atomic mass is 9.79. The molecule has 1 aliphatic heterocycles. The fraction of sp³-hybridized carbons (Fsp3) is 0.440. The summed E-state index contributed by atoms with van der Waals surface area (Å²) in [5.41, 5.74) is 7.05. The maximum absolute atomic E-state index is 11.2. The zero-order valence-electron chi connectivity index (χ0n) is 18.5. The van der Waals surface area contributed by atoms with Crippen LogP contribution in [0.3, 0.4) is 0 Å². The lowest BCUT2D eigenvalue weighted by molar-refractivity contribution is -0.114. The van der Waals surface area contributed by atoms with E-state index in [-0.39, 0.29) is 11.4 Å². The van der Waals surface area contributed by atoms with Gasteiger partial charge >= 0.3 is 0 Å². The summed E-state index contributed by atoms with van der Waals surface area (Å²) >= 11 is 0. The van der Waals surface area contributed by atoms with Gasteiger partial charge in [-0.3, -0.25) is 9.79 Å². The normalized spacial score (nSPS) is 18.0. The third-order valence-corrected chi connectivity index (χ3v) is 5.76. The number of nitrogens with zero attached hydrogens (tertiary/aromatic N) is 2. The summed E-state index contributed by atoms with van der Waals surface area (Å²) in [6.07, 6.45) is 4.26. The van der Waals surface area contributed by atoms with E-state index < -0.39 is 0 Å². The summed E-state index contributed by atoms with van der Waals surface area (Å²) in [5, 5.41) is 2.78. The Morgan fingerprint density at radius 2 is 1.97 bits per heavy atom. The number of fused-ring (bicyclic) bond motifs is 1. The Morgan fingerprint density at radius 1 is 1.28 bits per heavy atom. The monoisotopic (exact) mass is 391 g/mol. The Morgan fingerprint density at radius 3 is 2.59 bits per heavy atom. The van der Waals surface area contributed by atoms with E-state index in [2.05, 4.69) is 62.0 Å². The van der Waals surface area contributed by atoms with Crippen molar-refractivity contribution in [1.82, 2.24) is 0 Å². The molecule has 1 heterocycles. The highest BCUT2D eigenvalue weighted by molar-refractivity contribution is 5.89. The average molecular weight is 392 g/mol. The molecule has 2 aromatic rings. The van der Waals surface area contributed by atoms with E-state index in [4.69, 9.17) is 0 Å². The van der Waals surface area contributed by atoms with Crippen LogP contribution in [0.2, 0.25) is 0 Å². The van der Waals surface area contributed by atoms with Gasteiger partial charge in [-0.15, -0.1) is 0 Å². The van der Waals surface area contributed by atoms with E-state index >= 15 is 0 Å². The SMILES string of the molecule is CCCN1c2cc(C)c(C=Nc3ccc(NC(C)=O)cc3)cc2C(C)CC1(C)C. The van der Waals surface area contributed by atoms with Gasteiger partial charge in [0.25, 0.3) is 0 Å². The molecule has 0 spiro atoms. The van der Waals surface area contributed by atoms with Gasteiger partial charge in [0.05, 0.1) is 5.69 Å². The molecule has 0 aliphatic carbocycles. The number of nitrogens with one attached hydrogen (secondary N) is 1. The fourth-order valence-corrected chi connectivity index (χ4v) is 4.42. The first-order valence-corrected chi connectivity index (χ1v) is 10.5. The number of rotatable bonds is 5. The van der Waals surface area contributed by atoms with Gasteiger partial charge in [-0.1, -0.05) is 13.8 Å². The van der Waals surface area contributed by atoms with Gasteiger partial charge in [0.15, 0.2) is 0 Å². The van der Waals surface area contributed by atoms with Crippen molar-refractivity contribution in [1.29, 1.82) is 0 Å². The van der Waals surface area contributed by atoms with Crippen LogP contribution >= 0.6 is 0 Å². The van der Waals surface area contributed by atoms with Crippen molar-refractivity contribution in [2.24, 2.45) is 4.99 Å². The molecular weight excluding hydrogens is 358 g/mol. The largest absolute Gasteiger partial charge is 0.366 e. The van der Waals surface area contributed by atoms with E-state index in [1.807, 2.05) is 30.5 Å². The molecule has 0 radical (unpaired) electrons. The second kappa shape index (κ2) is 8.40. The van der Waals surface area contributed by atoms with Crippen molar-refractivity contribution in [3.05, 3.63) is 53.1 Å². The van der Waals surface area contributed by atoms with E-state index in [0.29, 0.717) is 5.92 Å². The molecule has 3 rings (SSSR count). The van der Waals surface area contributed by atoms with Gasteiger partial charge in [0.2, 0.25) is 5.91 Å². The Balaban J connectivity index is 1.89. The number of benzene rings is 2. The van der Waals surface area contributed by atoms with Crippen LogP contribution < -0.4 is 10.2 Å². The van der Waals surface area contributed by atoms with Gasteiger partial charge in [0.1, 0.15) is 0 Å². The number of hydrogen-bond acceptors (Lipinski definition) is 3. The summed E-state index contributed by atoms with van der Waals surface area (Å²) in [7, 11) is 0. The second-order valence-electron chi connectivity index (χ2n) is 8.82. The quantitative estimate of drug-likeness (QED) is 0.616. The summed E-state index contributed by atoms with van der Waals surface area (Å²) in [6.45, 7) is 14.1. The first-order valence-electron chi connectivity index (χ1n) is 10.5. The molecule has 0 saturated heterocycles. The van der Waals surface area contributed by atoms with E-state index in [9.17, 15) is 4.79 Å². The van der Waals surface area contributed by atoms with E-state index in [1.54, 1.807) is 0 Å². The second-order valence-corrected chi connectivity index (χ2v) is 8.82. The first kappa shape index (κ1) is 21.1. The molecule has 1 amide bonds. The highest BCUT2D eigenvalue weighted by Crippen LogP contribution is 2.44. The maximum atomic E-state index is 11.2. The fourth-order valence-electron chi connectivity index (χ4n) is 4.42. The molecule has 0 fully saturated rings. The first-order chi connectivity index (χ1) is 13.7. The summed E-state index contributed by atoms with van der Waals surface area (Å²) in [4.78, 5) is 18.4. The molecule has 0 saturated carbocycles. The number of amides is 1. The van der Waals surface area contributed by atoms with Crippen LogP contribution in [0.4, 0.5) is 17.1 Å². The molecule has 1 aliphatic rings. The predicted molar refractivity (Wildman–Crippen MR) is 124 cm³/mol. The van der Waals surface area contributed by atoms with Gasteiger partial charge < -0.3 is 10.2 Å². The van der Waals surface area contributed by atoms with Gasteiger partial charge in [-0.25, -0.2) is 0 Å². The molecule has 154 valence electrons. The topological polar surface area (TPSA) is 44.7 Å². The molecule has 4 nitrogen and oxygen atoms in total. The minimum atomic E-state index is -0.0691. The molecule has 29 heavy (non-hydrogen) atoms. The van der Waals surface area contributed by atoms with Gasteiger partial charge in [0, 0.05) is 36.6 Å². The van der Waals surface area contributed by atoms with Crippen LogP contribution in [0.1, 0.15) is 70.1 Å². The molecule has 1 unspecified atom stereocenters. The van der Waals surface area contributed by atoms with Crippen LogP contribution in [0.5, 0.6) is 0 Å². The smallest absolute Gasteiger partial charge is 0.221 e. The van der Waals surface area contributed by atoms with Crippen molar-refractivity contribution >= 4 is 29.2 Å². The minimum absolute atomic E-state index is 0.0691. The van der Waals surface area contributed by atoms with Crippen molar-refractivity contribution in [3.8, 4) is 0 Å². The zero-order valence-corrected chi connectivity index (χ0v) is 18.5. The molecule has 2 aromatic carbocycles. The minimum Gasteiger partial charge on any atom is -0.366 e. The summed E-state index contributed by atoms with van der Waals surface area (Å²) in [6, 6.07) is 12.3. The van der Waals surface area contributed by atoms with Crippen molar-refractivity contribution in [3.63, 3.8) is 0 Å². The van der Waals surface area contributed by atoms with Gasteiger partial charge in [-0.2, -0.15) is 0 Å². The van der Waals surface area contributed by atoms with Crippen LogP contribution in [0.25, 0.3) is 0 Å². The van der Waals surface area contributed by atoms with Crippen molar-refractivity contribution in [2.45, 2.75) is 65.8 Å². The Hall–Kier alpha value is -2.62. The van der Waals surface area contributed by atoms with Crippen molar-refractivity contribution < 1.29 is 4.79 Å². The molecule has 1 atom stereocenters. The zero-order chi connectivity index (χ0) is 21.2. The number of anilines is 2. The van der Waals surface area contributed by atoms with Crippen LogP contribution in [-0.4, -0.2) is 24.2 Å². The third-order valence-electron chi connectivity index (χ3n) is 5.76. The Bertz CT molecular complexity index is 912. The summed E-state index contributed by atoms with van der Waals surface area (Å²) < 4.78 is 0. The lowest BCUT2D eigenvalue weighted by Gasteiger charge is -2.48. The van der Waals surface area contributed by atoms with E-state index in [0.717, 1.165) is 36.3 Å².